The summed E-state index contributed by atoms with van der Waals surface area (Å²) >= 11 is 6.93. The number of Topliss-reactive ketones (excluding diaryl/α,β-unsaturated/α-hetero) is 1. The summed E-state index contributed by atoms with van der Waals surface area (Å²) in [5, 5.41) is 1.59. The molecule has 5 heteroatoms. The van der Waals surface area contributed by atoms with E-state index < -0.39 is 0 Å². The highest BCUT2D eigenvalue weighted by atomic mass is 79.9. The predicted molar refractivity (Wildman–Crippen MR) is 99.1 cm³/mol. The van der Waals surface area contributed by atoms with Crippen LogP contribution in [0.2, 0.25) is 0 Å². The number of ether oxygens (including phenoxy) is 2. The number of hydrogen-bond acceptors (Lipinski definition) is 3. The van der Waals surface area contributed by atoms with Crippen LogP contribution in [0.25, 0.3) is 0 Å². The van der Waals surface area contributed by atoms with Gasteiger partial charge in [-0.15, -0.1) is 0 Å². The van der Waals surface area contributed by atoms with Crippen molar-refractivity contribution >= 4 is 37.6 Å². The van der Waals surface area contributed by atoms with Gasteiger partial charge in [-0.2, -0.15) is 0 Å². The Morgan fingerprint density at radius 2 is 1.39 bits per heavy atom. The molecule has 0 aliphatic rings. The summed E-state index contributed by atoms with van der Waals surface area (Å²) in [5.74, 6) is 1.62. The molecule has 0 aromatic heterocycles. The standard InChI is InChI=1S/C18H18Br2O3/c1-13(21)16-2-4-17(5-3-16)22-6-7-23-18-9-14(11-19)8-15(10-18)12-20/h2-5,8-10H,6-7,11-12H2,1H3. The molecule has 23 heavy (non-hydrogen) atoms. The molecule has 0 saturated carbocycles. The van der Waals surface area contributed by atoms with Gasteiger partial charge in [-0.1, -0.05) is 37.9 Å². The molecule has 122 valence electrons. The average Bonchev–Trinajstić information content (AvgIpc) is 2.58. The summed E-state index contributed by atoms with van der Waals surface area (Å²) in [6.07, 6.45) is 0. The molecule has 0 bridgehead atoms. The molecule has 0 atom stereocenters. The van der Waals surface area contributed by atoms with Gasteiger partial charge in [-0.05, 0) is 54.4 Å². The van der Waals surface area contributed by atoms with Gasteiger partial charge in [0.15, 0.2) is 5.78 Å². The molecule has 0 aliphatic heterocycles. The Bertz CT molecular complexity index is 632. The van der Waals surface area contributed by atoms with E-state index in [-0.39, 0.29) is 5.78 Å². The highest BCUT2D eigenvalue weighted by Crippen LogP contribution is 2.21. The number of hydrogen-bond donors (Lipinski definition) is 0. The van der Waals surface area contributed by atoms with Gasteiger partial charge in [0.05, 0.1) is 0 Å². The van der Waals surface area contributed by atoms with Gasteiger partial charge in [-0.25, -0.2) is 0 Å². The van der Waals surface area contributed by atoms with Crippen LogP contribution in [0.15, 0.2) is 42.5 Å². The quantitative estimate of drug-likeness (QED) is 0.323. The van der Waals surface area contributed by atoms with Crippen molar-refractivity contribution < 1.29 is 14.3 Å². The molecule has 0 heterocycles. The Morgan fingerprint density at radius 3 is 1.87 bits per heavy atom. The number of benzene rings is 2. The third-order valence-corrected chi connectivity index (χ3v) is 4.51. The number of halogens is 2. The zero-order valence-electron chi connectivity index (χ0n) is 12.9. The van der Waals surface area contributed by atoms with Crippen LogP contribution in [0.5, 0.6) is 11.5 Å². The zero-order valence-corrected chi connectivity index (χ0v) is 16.0. The monoisotopic (exact) mass is 440 g/mol. The average molecular weight is 442 g/mol. The van der Waals surface area contributed by atoms with Crippen LogP contribution >= 0.6 is 31.9 Å². The Hall–Kier alpha value is -1.33. The molecule has 0 spiro atoms. The van der Waals surface area contributed by atoms with E-state index in [9.17, 15) is 4.79 Å². The number of rotatable bonds is 8. The first-order valence-corrected chi connectivity index (χ1v) is 9.48. The SMILES string of the molecule is CC(=O)c1ccc(OCCOc2cc(CBr)cc(CBr)c2)cc1. The Kier molecular flexibility index (Phi) is 7.12. The van der Waals surface area contributed by atoms with Gasteiger partial charge in [0.1, 0.15) is 24.7 Å². The Labute approximate surface area is 153 Å². The number of carbonyl (C=O) groups is 1. The second-order valence-corrected chi connectivity index (χ2v) is 6.15. The van der Waals surface area contributed by atoms with Gasteiger partial charge in [0, 0.05) is 16.2 Å². The topological polar surface area (TPSA) is 35.5 Å². The normalized spacial score (nSPS) is 10.4. The van der Waals surface area contributed by atoms with Crippen LogP contribution < -0.4 is 9.47 Å². The molecule has 0 N–H and O–H groups in total. The molecule has 0 radical (unpaired) electrons. The largest absolute Gasteiger partial charge is 0.490 e. The minimum Gasteiger partial charge on any atom is -0.490 e. The van der Waals surface area contributed by atoms with Gasteiger partial charge < -0.3 is 9.47 Å². The highest BCUT2D eigenvalue weighted by molar-refractivity contribution is 9.08. The second kappa shape index (κ2) is 9.08. The summed E-state index contributed by atoms with van der Waals surface area (Å²) < 4.78 is 11.4. The van der Waals surface area contributed by atoms with E-state index in [1.54, 1.807) is 31.2 Å². The third-order valence-electron chi connectivity index (χ3n) is 3.22. The van der Waals surface area contributed by atoms with Crippen LogP contribution in [0, 0.1) is 0 Å². The number of carbonyl (C=O) groups excluding carboxylic acids is 1. The summed E-state index contributed by atoms with van der Waals surface area (Å²) in [6.45, 7) is 2.45. The smallest absolute Gasteiger partial charge is 0.159 e. The Balaban J connectivity index is 1.84. The van der Waals surface area contributed by atoms with E-state index in [2.05, 4.69) is 37.9 Å². The highest BCUT2D eigenvalue weighted by Gasteiger charge is 2.02. The molecule has 0 aliphatic carbocycles. The van der Waals surface area contributed by atoms with Crippen molar-refractivity contribution in [2.24, 2.45) is 0 Å². The van der Waals surface area contributed by atoms with E-state index in [4.69, 9.17) is 9.47 Å². The lowest BCUT2D eigenvalue weighted by Crippen LogP contribution is -2.09. The number of alkyl halides is 2. The van der Waals surface area contributed by atoms with Crippen molar-refractivity contribution in [2.45, 2.75) is 17.6 Å². The molecule has 0 amide bonds. The molecule has 0 saturated heterocycles. The molecule has 0 unspecified atom stereocenters. The van der Waals surface area contributed by atoms with Gasteiger partial charge in [0.2, 0.25) is 0 Å². The van der Waals surface area contributed by atoms with E-state index in [1.807, 2.05) is 12.1 Å². The summed E-state index contributed by atoms with van der Waals surface area (Å²) in [6, 6.07) is 13.3. The first-order chi connectivity index (χ1) is 11.1. The fraction of sp³-hybridized carbons (Fsp3) is 0.278. The molecule has 2 aromatic carbocycles. The minimum atomic E-state index is 0.0501. The van der Waals surface area contributed by atoms with Gasteiger partial charge >= 0.3 is 0 Å². The minimum absolute atomic E-state index is 0.0501. The maximum Gasteiger partial charge on any atom is 0.159 e. The maximum absolute atomic E-state index is 11.2. The fourth-order valence-corrected chi connectivity index (χ4v) is 2.72. The third kappa shape index (κ3) is 5.66. The second-order valence-electron chi connectivity index (χ2n) is 5.03. The molecular weight excluding hydrogens is 424 g/mol. The van der Waals surface area contributed by atoms with Crippen LogP contribution in [-0.4, -0.2) is 19.0 Å². The zero-order chi connectivity index (χ0) is 16.7. The molecule has 0 fully saturated rings. The fourth-order valence-electron chi connectivity index (χ4n) is 2.07. The van der Waals surface area contributed by atoms with Crippen LogP contribution in [0.4, 0.5) is 0 Å². The van der Waals surface area contributed by atoms with Crippen molar-refractivity contribution in [3.8, 4) is 11.5 Å². The lowest BCUT2D eigenvalue weighted by molar-refractivity contribution is 0.101. The van der Waals surface area contributed by atoms with E-state index in [0.29, 0.717) is 18.8 Å². The van der Waals surface area contributed by atoms with Crippen molar-refractivity contribution in [1.29, 1.82) is 0 Å². The van der Waals surface area contributed by atoms with E-state index in [0.717, 1.165) is 22.2 Å². The van der Waals surface area contributed by atoms with Gasteiger partial charge in [0.25, 0.3) is 0 Å². The summed E-state index contributed by atoms with van der Waals surface area (Å²) in [7, 11) is 0. The first-order valence-electron chi connectivity index (χ1n) is 7.23. The molecule has 2 aromatic rings. The van der Waals surface area contributed by atoms with Crippen LogP contribution in [0.3, 0.4) is 0 Å². The van der Waals surface area contributed by atoms with Gasteiger partial charge in [-0.3, -0.25) is 4.79 Å². The predicted octanol–water partition coefficient (Wildman–Crippen LogP) is 5.14. The van der Waals surface area contributed by atoms with E-state index >= 15 is 0 Å². The van der Waals surface area contributed by atoms with Crippen molar-refractivity contribution in [3.05, 3.63) is 59.2 Å². The van der Waals surface area contributed by atoms with Crippen molar-refractivity contribution in [2.75, 3.05) is 13.2 Å². The lowest BCUT2D eigenvalue weighted by atomic mass is 10.1. The molecule has 3 nitrogen and oxygen atoms in total. The Morgan fingerprint density at radius 1 is 0.870 bits per heavy atom. The van der Waals surface area contributed by atoms with Crippen LogP contribution in [0.1, 0.15) is 28.4 Å². The van der Waals surface area contributed by atoms with E-state index in [1.165, 1.54) is 11.1 Å². The van der Waals surface area contributed by atoms with Crippen molar-refractivity contribution in [1.82, 2.24) is 0 Å². The molecular formula is C18H18Br2O3. The summed E-state index contributed by atoms with van der Waals surface area (Å²) in [4.78, 5) is 11.2. The number of ketones is 1. The lowest BCUT2D eigenvalue weighted by Gasteiger charge is -2.11. The van der Waals surface area contributed by atoms with Crippen LogP contribution in [-0.2, 0) is 10.7 Å². The summed E-state index contributed by atoms with van der Waals surface area (Å²) in [5.41, 5.74) is 3.04. The van der Waals surface area contributed by atoms with Crippen molar-refractivity contribution in [3.63, 3.8) is 0 Å². The first kappa shape index (κ1) is 18.0. The maximum atomic E-state index is 11.2. The molecule has 2 rings (SSSR count).